The van der Waals surface area contributed by atoms with E-state index in [4.69, 9.17) is 11.6 Å². The smallest absolute Gasteiger partial charge is 0.0426 e. The first-order chi connectivity index (χ1) is 9.24. The Hall–Kier alpha value is -0.730. The van der Waals surface area contributed by atoms with Crippen molar-refractivity contribution in [2.24, 2.45) is 0 Å². The first-order valence-electron chi connectivity index (χ1n) is 7.51. The fourth-order valence-electron chi connectivity index (χ4n) is 2.42. The van der Waals surface area contributed by atoms with Crippen molar-refractivity contribution >= 4 is 17.3 Å². The molecule has 0 radical (unpaired) electrons. The molecule has 1 aromatic carbocycles. The molecule has 1 aliphatic rings. The van der Waals surface area contributed by atoms with Crippen LogP contribution in [0.25, 0.3) is 0 Å². The fourth-order valence-corrected chi connectivity index (χ4v) is 2.58. The highest BCUT2D eigenvalue weighted by atomic mass is 35.5. The molecule has 2 rings (SSSR count). The largest absolute Gasteiger partial charge is 0.371 e. The van der Waals surface area contributed by atoms with Crippen LogP contribution in [0.5, 0.6) is 0 Å². The Labute approximate surface area is 122 Å². The molecule has 0 heterocycles. The lowest BCUT2D eigenvalue weighted by molar-refractivity contribution is 0.678. The number of benzene rings is 1. The number of halogens is 1. The van der Waals surface area contributed by atoms with Gasteiger partial charge >= 0.3 is 0 Å². The van der Waals surface area contributed by atoms with Gasteiger partial charge in [-0.25, -0.2) is 0 Å². The molecule has 0 unspecified atom stereocenters. The molecule has 0 atom stereocenters. The molecule has 19 heavy (non-hydrogen) atoms. The van der Waals surface area contributed by atoms with Crippen LogP contribution in [0.15, 0.2) is 18.2 Å². The molecule has 0 saturated heterocycles. The zero-order chi connectivity index (χ0) is 13.7. The molecular weight excluding hydrogens is 256 g/mol. The van der Waals surface area contributed by atoms with Gasteiger partial charge in [0.15, 0.2) is 0 Å². The minimum absolute atomic E-state index is 0.745. The number of nitrogens with zero attached hydrogens (tertiary/aromatic N) is 1. The summed E-state index contributed by atoms with van der Waals surface area (Å²) in [6.07, 6.45) is 5.00. The average Bonchev–Trinajstić information content (AvgIpc) is 3.21. The highest BCUT2D eigenvalue weighted by molar-refractivity contribution is 6.30. The summed E-state index contributed by atoms with van der Waals surface area (Å²) >= 11 is 6.19. The van der Waals surface area contributed by atoms with Gasteiger partial charge in [-0.3, -0.25) is 0 Å². The van der Waals surface area contributed by atoms with E-state index in [1.54, 1.807) is 0 Å². The molecule has 1 N–H and O–H groups in total. The number of nitrogens with one attached hydrogen (secondary N) is 1. The van der Waals surface area contributed by atoms with Crippen molar-refractivity contribution in [3.8, 4) is 0 Å². The third kappa shape index (κ3) is 4.39. The molecule has 0 bridgehead atoms. The molecule has 2 nitrogen and oxygen atoms in total. The Bertz CT molecular complexity index is 396. The molecule has 1 saturated carbocycles. The topological polar surface area (TPSA) is 15.3 Å². The minimum Gasteiger partial charge on any atom is -0.371 e. The molecule has 0 aliphatic heterocycles. The Morgan fingerprint density at radius 3 is 2.47 bits per heavy atom. The van der Waals surface area contributed by atoms with E-state index in [2.05, 4.69) is 36.2 Å². The van der Waals surface area contributed by atoms with Crippen LogP contribution in [0.4, 0.5) is 5.69 Å². The highest BCUT2D eigenvalue weighted by Crippen LogP contribution is 2.27. The van der Waals surface area contributed by atoms with Crippen molar-refractivity contribution in [2.75, 3.05) is 18.0 Å². The van der Waals surface area contributed by atoms with E-state index < -0.39 is 0 Å². The Morgan fingerprint density at radius 1 is 1.21 bits per heavy atom. The summed E-state index contributed by atoms with van der Waals surface area (Å²) in [5, 5.41) is 4.44. The van der Waals surface area contributed by atoms with Crippen molar-refractivity contribution in [1.82, 2.24) is 5.32 Å². The SMILES string of the molecule is CCCN(CCC)c1cc(Cl)ccc1CNC1CC1. The Morgan fingerprint density at radius 2 is 1.89 bits per heavy atom. The van der Waals surface area contributed by atoms with E-state index in [9.17, 15) is 0 Å². The average molecular weight is 281 g/mol. The van der Waals surface area contributed by atoms with E-state index in [0.717, 1.165) is 30.7 Å². The lowest BCUT2D eigenvalue weighted by Crippen LogP contribution is -2.27. The molecule has 0 amide bonds. The molecular formula is C16H25ClN2. The van der Waals surface area contributed by atoms with E-state index in [1.807, 2.05) is 6.07 Å². The summed E-state index contributed by atoms with van der Waals surface area (Å²) in [5.74, 6) is 0. The maximum atomic E-state index is 6.19. The van der Waals surface area contributed by atoms with Crippen LogP contribution >= 0.6 is 11.6 Å². The van der Waals surface area contributed by atoms with Gasteiger partial charge in [0, 0.05) is 36.4 Å². The van der Waals surface area contributed by atoms with Gasteiger partial charge < -0.3 is 10.2 Å². The van der Waals surface area contributed by atoms with Crippen LogP contribution in [-0.4, -0.2) is 19.1 Å². The second kappa shape index (κ2) is 7.16. The Kier molecular flexibility index (Phi) is 5.53. The summed E-state index contributed by atoms with van der Waals surface area (Å²) in [5.41, 5.74) is 2.68. The van der Waals surface area contributed by atoms with Crippen molar-refractivity contribution in [1.29, 1.82) is 0 Å². The first kappa shape index (κ1) is 14.7. The van der Waals surface area contributed by atoms with Crippen LogP contribution in [0, 0.1) is 0 Å². The summed E-state index contributed by atoms with van der Waals surface area (Å²) in [6, 6.07) is 7.04. The number of hydrogen-bond acceptors (Lipinski definition) is 2. The fraction of sp³-hybridized carbons (Fsp3) is 0.625. The number of anilines is 1. The second-order valence-electron chi connectivity index (χ2n) is 5.42. The molecule has 3 heteroatoms. The number of hydrogen-bond donors (Lipinski definition) is 1. The Balaban J connectivity index is 2.14. The predicted octanol–water partition coefficient (Wildman–Crippen LogP) is 4.22. The van der Waals surface area contributed by atoms with Crippen LogP contribution in [0.2, 0.25) is 5.02 Å². The first-order valence-corrected chi connectivity index (χ1v) is 7.89. The van der Waals surface area contributed by atoms with E-state index in [-0.39, 0.29) is 0 Å². The van der Waals surface area contributed by atoms with Gasteiger partial charge in [-0.05, 0) is 43.4 Å². The van der Waals surface area contributed by atoms with Gasteiger partial charge in [0.1, 0.15) is 0 Å². The van der Waals surface area contributed by atoms with E-state index in [0.29, 0.717) is 0 Å². The van der Waals surface area contributed by atoms with Crippen LogP contribution in [0.1, 0.15) is 45.1 Å². The zero-order valence-electron chi connectivity index (χ0n) is 12.1. The minimum atomic E-state index is 0.745. The molecule has 1 fully saturated rings. The van der Waals surface area contributed by atoms with Crippen LogP contribution < -0.4 is 10.2 Å². The van der Waals surface area contributed by atoms with Gasteiger partial charge in [-0.2, -0.15) is 0 Å². The zero-order valence-corrected chi connectivity index (χ0v) is 12.8. The predicted molar refractivity (Wildman–Crippen MR) is 84.1 cm³/mol. The normalized spacial score (nSPS) is 14.7. The quantitative estimate of drug-likeness (QED) is 0.767. The molecule has 0 spiro atoms. The molecule has 106 valence electrons. The summed E-state index contributed by atoms with van der Waals surface area (Å²) in [6.45, 7) is 7.63. The maximum Gasteiger partial charge on any atom is 0.0426 e. The summed E-state index contributed by atoms with van der Waals surface area (Å²) in [7, 11) is 0. The second-order valence-corrected chi connectivity index (χ2v) is 5.85. The third-order valence-electron chi connectivity index (χ3n) is 3.53. The van der Waals surface area contributed by atoms with E-state index in [1.165, 1.54) is 36.9 Å². The van der Waals surface area contributed by atoms with Crippen LogP contribution in [-0.2, 0) is 6.54 Å². The van der Waals surface area contributed by atoms with Gasteiger partial charge in [-0.1, -0.05) is 31.5 Å². The maximum absolute atomic E-state index is 6.19. The molecule has 1 aromatic rings. The van der Waals surface area contributed by atoms with E-state index >= 15 is 0 Å². The standard InChI is InChI=1S/C16H25ClN2/c1-3-9-19(10-4-2)16-11-14(17)6-5-13(16)12-18-15-7-8-15/h5-6,11,15,18H,3-4,7-10,12H2,1-2H3. The highest BCUT2D eigenvalue weighted by Gasteiger charge is 2.21. The third-order valence-corrected chi connectivity index (χ3v) is 3.77. The molecule has 1 aliphatic carbocycles. The van der Waals surface area contributed by atoms with Gasteiger partial charge in [0.05, 0.1) is 0 Å². The summed E-state index contributed by atoms with van der Waals surface area (Å²) < 4.78 is 0. The van der Waals surface area contributed by atoms with Crippen molar-refractivity contribution < 1.29 is 0 Å². The van der Waals surface area contributed by atoms with Gasteiger partial charge in [0.25, 0.3) is 0 Å². The lowest BCUT2D eigenvalue weighted by Gasteiger charge is -2.27. The van der Waals surface area contributed by atoms with Gasteiger partial charge in [-0.15, -0.1) is 0 Å². The monoisotopic (exact) mass is 280 g/mol. The van der Waals surface area contributed by atoms with Crippen molar-refractivity contribution in [2.45, 2.75) is 52.1 Å². The van der Waals surface area contributed by atoms with Gasteiger partial charge in [0.2, 0.25) is 0 Å². The lowest BCUT2D eigenvalue weighted by atomic mass is 10.1. The molecule has 0 aromatic heterocycles. The van der Waals surface area contributed by atoms with Crippen molar-refractivity contribution in [3.63, 3.8) is 0 Å². The van der Waals surface area contributed by atoms with Crippen LogP contribution in [0.3, 0.4) is 0 Å². The summed E-state index contributed by atoms with van der Waals surface area (Å²) in [4.78, 5) is 2.47. The number of rotatable bonds is 8. The van der Waals surface area contributed by atoms with Crippen molar-refractivity contribution in [3.05, 3.63) is 28.8 Å².